The Hall–Kier alpha value is -2.50. The Kier molecular flexibility index (Phi) is 5.64. The Bertz CT molecular complexity index is 972. The van der Waals surface area contributed by atoms with Gasteiger partial charge >= 0.3 is 0 Å². The van der Waals surface area contributed by atoms with E-state index in [9.17, 15) is 18.0 Å². The molecule has 0 bridgehead atoms. The van der Waals surface area contributed by atoms with Crippen LogP contribution in [0, 0.1) is 0 Å². The van der Waals surface area contributed by atoms with Crippen LogP contribution in [0.5, 0.6) is 0 Å². The molecule has 1 aromatic carbocycles. The number of rotatable bonds is 5. The van der Waals surface area contributed by atoms with Gasteiger partial charge in [0.1, 0.15) is 6.33 Å². The highest BCUT2D eigenvalue weighted by molar-refractivity contribution is 7.90. The molecule has 0 atom stereocenters. The predicted molar refractivity (Wildman–Crippen MR) is 92.6 cm³/mol. The quantitative estimate of drug-likeness (QED) is 0.733. The van der Waals surface area contributed by atoms with Gasteiger partial charge in [0, 0.05) is 20.4 Å². The van der Waals surface area contributed by atoms with Crippen LogP contribution in [0.25, 0.3) is 0 Å². The van der Waals surface area contributed by atoms with Gasteiger partial charge in [-0.05, 0) is 12.1 Å². The van der Waals surface area contributed by atoms with Crippen LogP contribution < -0.4 is 5.32 Å². The molecule has 1 N–H and O–H groups in total. The molecular formula is C14H16ClN5O5S. The molecule has 0 aliphatic carbocycles. The van der Waals surface area contributed by atoms with E-state index in [1.165, 1.54) is 31.2 Å². The van der Waals surface area contributed by atoms with E-state index < -0.39 is 21.7 Å². The number of carbonyl (C=O) groups is 2. The van der Waals surface area contributed by atoms with Crippen molar-refractivity contribution in [3.05, 3.63) is 34.6 Å². The average Bonchev–Trinajstić information content (AvgIpc) is 2.96. The minimum Gasteiger partial charge on any atom is -0.291 e. The minimum absolute atomic E-state index is 0.102. The van der Waals surface area contributed by atoms with Gasteiger partial charge in [0.2, 0.25) is 5.95 Å². The second-order valence-corrected chi connectivity index (χ2v) is 7.58. The molecule has 2 aromatic rings. The monoisotopic (exact) mass is 401 g/mol. The summed E-state index contributed by atoms with van der Waals surface area (Å²) in [6.07, 6.45) is 2.17. The number of aromatic nitrogens is 3. The van der Waals surface area contributed by atoms with Crippen molar-refractivity contribution in [2.24, 2.45) is 7.05 Å². The molecule has 0 fully saturated rings. The number of hydrogen-bond acceptors (Lipinski definition) is 7. The number of hydroxylamine groups is 2. The standard InChI is InChI=1S/C14H16ClN5O5S/c1-19-14(16-7-17-19)18-12(21)8-5-6-9(26(4,23)24)10(11(8)15)13(22)20(2)25-3/h5-7H,1-4H3,(H,16,17,18,21). The molecule has 1 heterocycles. The average molecular weight is 402 g/mol. The number of carbonyl (C=O) groups excluding carboxylic acids is 2. The Morgan fingerprint density at radius 2 is 2.00 bits per heavy atom. The fourth-order valence-corrected chi connectivity index (χ4v) is 3.32. The highest BCUT2D eigenvalue weighted by Gasteiger charge is 2.28. The zero-order valence-corrected chi connectivity index (χ0v) is 15.9. The molecule has 1 aromatic heterocycles. The zero-order chi connectivity index (χ0) is 19.6. The lowest BCUT2D eigenvalue weighted by atomic mass is 10.1. The number of halogens is 1. The van der Waals surface area contributed by atoms with Crippen LogP contribution in [0.4, 0.5) is 5.95 Å². The number of amides is 2. The van der Waals surface area contributed by atoms with Gasteiger partial charge in [-0.3, -0.25) is 19.7 Å². The Labute approximate surface area is 154 Å². The maximum absolute atomic E-state index is 12.5. The summed E-state index contributed by atoms with van der Waals surface area (Å²) in [7, 11) is 0.303. The summed E-state index contributed by atoms with van der Waals surface area (Å²) >= 11 is 6.22. The fourth-order valence-electron chi connectivity index (χ4n) is 2.06. The molecule has 10 nitrogen and oxygen atoms in total. The summed E-state index contributed by atoms with van der Waals surface area (Å²) in [6.45, 7) is 0. The summed E-state index contributed by atoms with van der Waals surface area (Å²) in [5.41, 5.74) is -0.459. The fraction of sp³-hybridized carbons (Fsp3) is 0.286. The molecule has 2 rings (SSSR count). The molecule has 0 aliphatic rings. The van der Waals surface area contributed by atoms with Crippen molar-refractivity contribution in [2.75, 3.05) is 25.7 Å². The van der Waals surface area contributed by atoms with E-state index in [0.717, 1.165) is 17.4 Å². The molecule has 0 saturated heterocycles. The van der Waals surface area contributed by atoms with Gasteiger partial charge in [-0.2, -0.15) is 10.1 Å². The van der Waals surface area contributed by atoms with Crippen molar-refractivity contribution in [1.82, 2.24) is 19.8 Å². The summed E-state index contributed by atoms with van der Waals surface area (Å²) < 4.78 is 25.3. The molecule has 140 valence electrons. The number of hydrogen-bond donors (Lipinski definition) is 1. The molecule has 26 heavy (non-hydrogen) atoms. The summed E-state index contributed by atoms with van der Waals surface area (Å²) in [4.78, 5) is 33.3. The van der Waals surface area contributed by atoms with Crippen LogP contribution in [-0.4, -0.2) is 60.5 Å². The Morgan fingerprint density at radius 3 is 2.50 bits per heavy atom. The first-order valence-electron chi connectivity index (χ1n) is 7.08. The number of nitrogens with zero attached hydrogens (tertiary/aromatic N) is 4. The number of benzene rings is 1. The number of sulfone groups is 1. The maximum Gasteiger partial charge on any atom is 0.280 e. The van der Waals surface area contributed by atoms with Gasteiger partial charge in [0.25, 0.3) is 11.8 Å². The highest BCUT2D eigenvalue weighted by Crippen LogP contribution is 2.29. The molecule has 0 saturated carbocycles. The first-order valence-corrected chi connectivity index (χ1v) is 9.35. The van der Waals surface area contributed by atoms with Crippen molar-refractivity contribution in [3.8, 4) is 0 Å². The van der Waals surface area contributed by atoms with Crippen molar-refractivity contribution >= 4 is 39.2 Å². The largest absolute Gasteiger partial charge is 0.291 e. The van der Waals surface area contributed by atoms with Crippen LogP contribution >= 0.6 is 11.6 Å². The van der Waals surface area contributed by atoms with E-state index in [-0.39, 0.29) is 27.0 Å². The number of anilines is 1. The topological polar surface area (TPSA) is 123 Å². The van der Waals surface area contributed by atoms with Crippen molar-refractivity contribution < 1.29 is 22.8 Å². The number of aryl methyl sites for hydroxylation is 1. The molecule has 2 amide bonds. The third kappa shape index (κ3) is 3.84. The van der Waals surface area contributed by atoms with E-state index in [1.807, 2.05) is 0 Å². The van der Waals surface area contributed by atoms with E-state index >= 15 is 0 Å². The smallest absolute Gasteiger partial charge is 0.280 e. The summed E-state index contributed by atoms with van der Waals surface area (Å²) in [5.74, 6) is -1.34. The lowest BCUT2D eigenvalue weighted by Crippen LogP contribution is -2.28. The van der Waals surface area contributed by atoms with Gasteiger partial charge in [0.05, 0.1) is 28.2 Å². The van der Waals surface area contributed by atoms with Gasteiger partial charge in [-0.25, -0.2) is 18.2 Å². The van der Waals surface area contributed by atoms with E-state index in [2.05, 4.69) is 15.4 Å². The number of nitrogens with one attached hydrogen (secondary N) is 1. The molecule has 0 spiro atoms. The first kappa shape index (κ1) is 19.8. The normalized spacial score (nSPS) is 11.3. The molecular weight excluding hydrogens is 386 g/mol. The van der Waals surface area contributed by atoms with Gasteiger partial charge in [-0.1, -0.05) is 11.6 Å². The van der Waals surface area contributed by atoms with Crippen LogP contribution in [0.3, 0.4) is 0 Å². The Morgan fingerprint density at radius 1 is 1.35 bits per heavy atom. The van der Waals surface area contributed by atoms with Gasteiger partial charge in [0.15, 0.2) is 9.84 Å². The highest BCUT2D eigenvalue weighted by atomic mass is 35.5. The summed E-state index contributed by atoms with van der Waals surface area (Å²) in [5, 5.41) is 6.78. The lowest BCUT2D eigenvalue weighted by molar-refractivity contribution is -0.0759. The molecule has 0 unspecified atom stereocenters. The van der Waals surface area contributed by atoms with Crippen LogP contribution in [0.2, 0.25) is 5.02 Å². The third-order valence-electron chi connectivity index (χ3n) is 3.46. The first-order chi connectivity index (χ1) is 12.1. The van der Waals surface area contributed by atoms with Gasteiger partial charge < -0.3 is 0 Å². The van der Waals surface area contributed by atoms with Crippen molar-refractivity contribution in [2.45, 2.75) is 4.90 Å². The van der Waals surface area contributed by atoms with E-state index in [1.54, 1.807) is 7.05 Å². The third-order valence-corrected chi connectivity index (χ3v) is 4.99. The molecule has 0 radical (unpaired) electrons. The molecule has 0 aliphatic heterocycles. The van der Waals surface area contributed by atoms with Crippen LogP contribution in [-0.2, 0) is 21.7 Å². The van der Waals surface area contributed by atoms with Gasteiger partial charge in [-0.15, -0.1) is 0 Å². The SMILES string of the molecule is CON(C)C(=O)c1c(S(C)(=O)=O)ccc(C(=O)Nc2ncnn2C)c1Cl. The lowest BCUT2D eigenvalue weighted by Gasteiger charge is -2.18. The van der Waals surface area contributed by atoms with Crippen LogP contribution in [0.15, 0.2) is 23.4 Å². The minimum atomic E-state index is -3.79. The van der Waals surface area contributed by atoms with E-state index in [4.69, 9.17) is 16.4 Å². The zero-order valence-electron chi connectivity index (χ0n) is 14.3. The predicted octanol–water partition coefficient (Wildman–Crippen LogP) is 0.758. The second kappa shape index (κ2) is 7.40. The maximum atomic E-state index is 12.5. The molecule has 12 heteroatoms. The van der Waals surface area contributed by atoms with Crippen molar-refractivity contribution in [3.63, 3.8) is 0 Å². The van der Waals surface area contributed by atoms with Crippen molar-refractivity contribution in [1.29, 1.82) is 0 Å². The van der Waals surface area contributed by atoms with Crippen LogP contribution in [0.1, 0.15) is 20.7 Å². The van der Waals surface area contributed by atoms with E-state index in [0.29, 0.717) is 0 Å². The summed E-state index contributed by atoms with van der Waals surface area (Å²) in [6, 6.07) is 2.36. The Balaban J connectivity index is 2.58. The second-order valence-electron chi connectivity index (χ2n) is 5.22.